The highest BCUT2D eigenvalue weighted by molar-refractivity contribution is 5.89. The van der Waals surface area contributed by atoms with E-state index < -0.39 is 30.1 Å². The minimum Gasteiger partial charge on any atom is -0.460 e. The van der Waals surface area contributed by atoms with E-state index in [1.54, 1.807) is 20.8 Å². The topological polar surface area (TPSA) is 115 Å². The molecule has 0 radical (unpaired) electrons. The number of rotatable bonds is 8. The van der Waals surface area contributed by atoms with E-state index in [1.165, 1.54) is 31.2 Å². The van der Waals surface area contributed by atoms with Crippen LogP contribution < -0.4 is 4.74 Å². The summed E-state index contributed by atoms with van der Waals surface area (Å²) < 4.78 is 15.1. The molecule has 1 aromatic rings. The molecule has 1 aromatic carbocycles. The lowest BCUT2D eigenvalue weighted by Crippen LogP contribution is -2.30. The third kappa shape index (κ3) is 6.70. The van der Waals surface area contributed by atoms with Crippen LogP contribution in [0.1, 0.15) is 38.1 Å². The van der Waals surface area contributed by atoms with E-state index in [4.69, 9.17) is 19.7 Å². The molecule has 0 heterocycles. The highest BCUT2D eigenvalue weighted by atomic mass is 16.6. The monoisotopic (exact) mass is 350 g/mol. The molecular weight excluding hydrogens is 328 g/mol. The number of carbonyl (C=O) groups excluding carboxylic acids is 3. The van der Waals surface area contributed by atoms with Crippen molar-refractivity contribution in [1.29, 1.82) is 5.53 Å². The van der Waals surface area contributed by atoms with Gasteiger partial charge in [-0.05, 0) is 37.1 Å². The lowest BCUT2D eigenvalue weighted by Gasteiger charge is -2.17. The molecule has 8 heteroatoms. The Morgan fingerprint density at radius 3 is 2.20 bits per heavy atom. The van der Waals surface area contributed by atoms with Gasteiger partial charge in [0.15, 0.2) is 6.04 Å². The predicted octanol–water partition coefficient (Wildman–Crippen LogP) is 2.76. The SMILES string of the molecule is CC(=O)Oc1ccc(C(=O)OC(C)COC(=O)C(N=N)C(C)C)cc1. The second-order valence-electron chi connectivity index (χ2n) is 5.78. The largest absolute Gasteiger partial charge is 0.460 e. The average Bonchev–Trinajstić information content (AvgIpc) is 2.53. The summed E-state index contributed by atoms with van der Waals surface area (Å²) in [6, 6.07) is 5.02. The lowest BCUT2D eigenvalue weighted by molar-refractivity contribution is -0.149. The van der Waals surface area contributed by atoms with Crippen LogP contribution in [0.4, 0.5) is 0 Å². The van der Waals surface area contributed by atoms with Crippen LogP contribution in [0.2, 0.25) is 0 Å². The fourth-order valence-electron chi connectivity index (χ4n) is 1.87. The Morgan fingerprint density at radius 2 is 1.72 bits per heavy atom. The quantitative estimate of drug-likeness (QED) is 0.438. The summed E-state index contributed by atoms with van der Waals surface area (Å²) in [7, 11) is 0. The molecule has 1 N–H and O–H groups in total. The van der Waals surface area contributed by atoms with Gasteiger partial charge in [-0.25, -0.2) is 15.1 Å². The van der Waals surface area contributed by atoms with Crippen molar-refractivity contribution >= 4 is 17.9 Å². The zero-order chi connectivity index (χ0) is 19.0. The minimum absolute atomic E-state index is 0.130. The van der Waals surface area contributed by atoms with Crippen LogP contribution in [0.15, 0.2) is 29.4 Å². The van der Waals surface area contributed by atoms with Gasteiger partial charge in [0.05, 0.1) is 5.56 Å². The van der Waals surface area contributed by atoms with Crippen molar-refractivity contribution in [3.05, 3.63) is 29.8 Å². The maximum absolute atomic E-state index is 12.0. The molecule has 0 aliphatic carbocycles. The van der Waals surface area contributed by atoms with Gasteiger partial charge < -0.3 is 14.2 Å². The highest BCUT2D eigenvalue weighted by Crippen LogP contribution is 2.14. The predicted molar refractivity (Wildman–Crippen MR) is 87.4 cm³/mol. The summed E-state index contributed by atoms with van der Waals surface area (Å²) in [6.45, 7) is 6.25. The molecule has 0 bridgehead atoms. The maximum Gasteiger partial charge on any atom is 0.338 e. The number of benzene rings is 1. The standard InChI is InChI=1S/C17H22N2O6/c1-10(2)15(19-18)17(22)23-9-11(3)24-16(21)13-5-7-14(8-6-13)25-12(4)20/h5-8,10-11,15,18H,9H2,1-4H3. The average molecular weight is 350 g/mol. The van der Waals surface area contributed by atoms with E-state index in [0.717, 1.165) is 0 Å². The summed E-state index contributed by atoms with van der Waals surface area (Å²) in [5, 5.41) is 3.23. The molecule has 0 aliphatic heterocycles. The molecule has 0 fully saturated rings. The summed E-state index contributed by atoms with van der Waals surface area (Å²) in [6.07, 6.45) is -0.664. The molecule has 25 heavy (non-hydrogen) atoms. The first-order valence-corrected chi connectivity index (χ1v) is 7.77. The molecule has 2 unspecified atom stereocenters. The molecule has 0 aliphatic rings. The van der Waals surface area contributed by atoms with Crippen molar-refractivity contribution in [2.75, 3.05) is 6.61 Å². The Bertz CT molecular complexity index is 627. The van der Waals surface area contributed by atoms with Crippen LogP contribution in [0, 0.1) is 11.4 Å². The number of ether oxygens (including phenoxy) is 3. The Balaban J connectivity index is 2.52. The van der Waals surface area contributed by atoms with Crippen LogP contribution in [-0.4, -0.2) is 36.7 Å². The first kappa shape index (κ1) is 20.3. The third-order valence-electron chi connectivity index (χ3n) is 3.13. The molecule has 0 amide bonds. The highest BCUT2D eigenvalue weighted by Gasteiger charge is 2.24. The van der Waals surface area contributed by atoms with Gasteiger partial charge in [0.2, 0.25) is 0 Å². The second kappa shape index (κ2) is 9.51. The van der Waals surface area contributed by atoms with Gasteiger partial charge in [0.1, 0.15) is 18.5 Å². The summed E-state index contributed by atoms with van der Waals surface area (Å²) >= 11 is 0. The van der Waals surface area contributed by atoms with Crippen molar-refractivity contribution < 1.29 is 28.6 Å². The van der Waals surface area contributed by atoms with E-state index in [0.29, 0.717) is 5.75 Å². The second-order valence-corrected chi connectivity index (χ2v) is 5.78. The number of esters is 3. The Kier molecular flexibility index (Phi) is 7.71. The summed E-state index contributed by atoms with van der Waals surface area (Å²) in [5.41, 5.74) is 7.27. The van der Waals surface area contributed by atoms with Crippen LogP contribution in [0.25, 0.3) is 0 Å². The van der Waals surface area contributed by atoms with Gasteiger partial charge in [0, 0.05) is 6.92 Å². The minimum atomic E-state index is -0.864. The zero-order valence-electron chi connectivity index (χ0n) is 14.6. The normalized spacial score (nSPS) is 12.8. The van der Waals surface area contributed by atoms with E-state index in [2.05, 4.69) is 5.11 Å². The van der Waals surface area contributed by atoms with E-state index in [-0.39, 0.29) is 18.1 Å². The number of hydrogen-bond donors (Lipinski definition) is 1. The Hall–Kier alpha value is -2.77. The number of hydrogen-bond acceptors (Lipinski definition) is 8. The first-order chi connectivity index (χ1) is 11.7. The van der Waals surface area contributed by atoms with Gasteiger partial charge in [-0.15, -0.1) is 0 Å². The van der Waals surface area contributed by atoms with E-state index in [9.17, 15) is 14.4 Å². The third-order valence-corrected chi connectivity index (χ3v) is 3.13. The summed E-state index contributed by atoms with van der Waals surface area (Å²) in [5.74, 6) is -1.50. The van der Waals surface area contributed by atoms with Gasteiger partial charge in [0.25, 0.3) is 0 Å². The summed E-state index contributed by atoms with van der Waals surface area (Å²) in [4.78, 5) is 34.6. The van der Waals surface area contributed by atoms with Gasteiger partial charge >= 0.3 is 17.9 Å². The first-order valence-electron chi connectivity index (χ1n) is 7.77. The molecular formula is C17H22N2O6. The number of nitrogens with one attached hydrogen (secondary N) is 1. The molecule has 0 saturated heterocycles. The molecule has 2 atom stereocenters. The molecule has 1 rings (SSSR count). The Labute approximate surface area is 146 Å². The molecule has 0 spiro atoms. The van der Waals surface area contributed by atoms with Crippen molar-refractivity contribution in [2.45, 2.75) is 39.8 Å². The van der Waals surface area contributed by atoms with Gasteiger partial charge in [-0.1, -0.05) is 13.8 Å². The van der Waals surface area contributed by atoms with E-state index in [1.807, 2.05) is 0 Å². The molecule has 0 aromatic heterocycles. The fraction of sp³-hybridized carbons (Fsp3) is 0.471. The lowest BCUT2D eigenvalue weighted by atomic mass is 10.1. The van der Waals surface area contributed by atoms with Crippen molar-refractivity contribution in [2.24, 2.45) is 11.0 Å². The number of nitrogens with zero attached hydrogens (tertiary/aromatic N) is 1. The fourth-order valence-corrected chi connectivity index (χ4v) is 1.87. The smallest absolute Gasteiger partial charge is 0.338 e. The van der Waals surface area contributed by atoms with Gasteiger partial charge in [-0.2, -0.15) is 5.11 Å². The van der Waals surface area contributed by atoms with Crippen molar-refractivity contribution in [3.63, 3.8) is 0 Å². The molecule has 8 nitrogen and oxygen atoms in total. The molecule has 0 saturated carbocycles. The number of carbonyl (C=O) groups is 3. The van der Waals surface area contributed by atoms with E-state index >= 15 is 0 Å². The van der Waals surface area contributed by atoms with Crippen molar-refractivity contribution in [3.8, 4) is 5.75 Å². The zero-order valence-corrected chi connectivity index (χ0v) is 14.6. The maximum atomic E-state index is 12.0. The molecule has 136 valence electrons. The Morgan fingerprint density at radius 1 is 1.12 bits per heavy atom. The van der Waals surface area contributed by atoms with Crippen LogP contribution in [0.3, 0.4) is 0 Å². The van der Waals surface area contributed by atoms with Crippen LogP contribution in [0.5, 0.6) is 5.75 Å². The van der Waals surface area contributed by atoms with Gasteiger partial charge in [-0.3, -0.25) is 4.79 Å². The van der Waals surface area contributed by atoms with Crippen LogP contribution in [-0.2, 0) is 19.1 Å². The van der Waals surface area contributed by atoms with Crippen molar-refractivity contribution in [1.82, 2.24) is 0 Å². The van der Waals surface area contributed by atoms with Crippen LogP contribution >= 0.6 is 0 Å².